The Morgan fingerprint density at radius 2 is 1.79 bits per heavy atom. The normalized spacial score (nSPS) is 12.7. The third-order valence-corrected chi connectivity index (χ3v) is 4.62. The van der Waals surface area contributed by atoms with Crippen molar-refractivity contribution in [3.05, 3.63) is 53.6 Å². The minimum Gasteiger partial charge on any atom is -0.341 e. The number of urea groups is 1. The van der Waals surface area contributed by atoms with Crippen molar-refractivity contribution in [1.29, 1.82) is 0 Å². The van der Waals surface area contributed by atoms with E-state index >= 15 is 0 Å². The fourth-order valence-corrected chi connectivity index (χ4v) is 2.71. The highest BCUT2D eigenvalue weighted by Gasteiger charge is 2.48. The van der Waals surface area contributed by atoms with E-state index in [2.05, 4.69) is 39.3 Å². The molecule has 0 aliphatic carbocycles. The van der Waals surface area contributed by atoms with Crippen molar-refractivity contribution in [3.63, 3.8) is 0 Å². The Labute approximate surface area is 194 Å². The molecule has 178 valence electrons. The van der Waals surface area contributed by atoms with Gasteiger partial charge in [-0.05, 0) is 49.0 Å². The number of aryl methyl sites for hydroxylation is 1. The number of benzene rings is 1. The molecule has 0 saturated heterocycles. The topological polar surface area (TPSA) is 137 Å². The molecule has 34 heavy (non-hydrogen) atoms. The lowest BCUT2D eigenvalue weighted by Gasteiger charge is -2.36. The highest BCUT2D eigenvalue weighted by atomic mass is 19.3. The average Bonchev–Trinajstić information content (AvgIpc) is 3.24. The quantitative estimate of drug-likeness (QED) is 0.235. The summed E-state index contributed by atoms with van der Waals surface area (Å²) in [5.41, 5.74) is -0.202. The lowest BCUT2D eigenvalue weighted by Crippen LogP contribution is -2.69. The maximum Gasteiger partial charge on any atom is 0.315 e. The molecule has 2 aromatic rings. The first-order chi connectivity index (χ1) is 16.1. The van der Waals surface area contributed by atoms with E-state index in [0.29, 0.717) is 11.3 Å². The highest BCUT2D eigenvalue weighted by Crippen LogP contribution is 2.21. The van der Waals surface area contributed by atoms with Gasteiger partial charge in [0, 0.05) is 31.4 Å². The van der Waals surface area contributed by atoms with Crippen LogP contribution < -0.4 is 21.4 Å². The van der Waals surface area contributed by atoms with Crippen LogP contribution in [0.5, 0.6) is 0 Å². The fourth-order valence-electron chi connectivity index (χ4n) is 2.71. The van der Waals surface area contributed by atoms with E-state index in [1.165, 1.54) is 36.8 Å². The summed E-state index contributed by atoms with van der Waals surface area (Å²) in [7, 11) is 3.00. The number of rotatable bonds is 6. The molecule has 5 N–H and O–H groups in total. The van der Waals surface area contributed by atoms with Crippen LogP contribution in [-0.2, 0) is 11.8 Å². The summed E-state index contributed by atoms with van der Waals surface area (Å²) in [6.45, 7) is 0.859. The molecule has 1 heterocycles. The van der Waals surface area contributed by atoms with Crippen LogP contribution in [0, 0.1) is 23.7 Å². The van der Waals surface area contributed by atoms with Crippen molar-refractivity contribution >= 4 is 17.8 Å². The Morgan fingerprint density at radius 1 is 1.15 bits per heavy atom. The van der Waals surface area contributed by atoms with E-state index in [1.54, 1.807) is 17.1 Å². The van der Waals surface area contributed by atoms with Crippen molar-refractivity contribution < 1.29 is 28.4 Å². The zero-order valence-corrected chi connectivity index (χ0v) is 18.4. The molecule has 2 unspecified atom stereocenters. The second-order valence-electron chi connectivity index (χ2n) is 7.17. The molecule has 0 aliphatic rings. The molecule has 10 nitrogen and oxygen atoms in total. The number of nitrogens with zero attached hydrogens (tertiary/aromatic N) is 2. The van der Waals surface area contributed by atoms with E-state index in [1.807, 2.05) is 12.4 Å². The second kappa shape index (κ2) is 11.4. The van der Waals surface area contributed by atoms with Gasteiger partial charge in [-0.3, -0.25) is 14.8 Å². The highest BCUT2D eigenvalue weighted by molar-refractivity contribution is 5.98. The van der Waals surface area contributed by atoms with Crippen molar-refractivity contribution in [1.82, 2.24) is 31.0 Å². The molecule has 0 bridgehead atoms. The Hall–Kier alpha value is -4.42. The van der Waals surface area contributed by atoms with Crippen molar-refractivity contribution in [3.8, 4) is 23.7 Å². The predicted molar refractivity (Wildman–Crippen MR) is 117 cm³/mol. The van der Waals surface area contributed by atoms with E-state index in [9.17, 15) is 23.2 Å². The molecule has 2 atom stereocenters. The Bertz CT molecular complexity index is 1170. The number of hydrogen-bond acceptors (Lipinski definition) is 5. The molecule has 0 spiro atoms. The first-order valence-electron chi connectivity index (χ1n) is 9.73. The predicted octanol–water partition coefficient (Wildman–Crippen LogP) is 0.380. The number of carbonyl (C=O) groups excluding carboxylic acids is 3. The van der Waals surface area contributed by atoms with Crippen LogP contribution in [0.2, 0.25) is 0 Å². The molecule has 2 rings (SSSR count). The number of aromatic nitrogens is 2. The molecule has 1 aromatic heterocycles. The van der Waals surface area contributed by atoms with Crippen molar-refractivity contribution in [2.24, 2.45) is 7.05 Å². The first kappa shape index (κ1) is 25.8. The Morgan fingerprint density at radius 3 is 2.32 bits per heavy atom. The summed E-state index contributed by atoms with van der Waals surface area (Å²) in [5.74, 6) is 8.61. The maximum absolute atomic E-state index is 13.8. The standard InChI is InChI=1S/C22H22F2N6O4/c1-22(20(23)24,28-21(33)25-2)17(19(32)29-34)27-18(31)15-10-8-14(9-11-15)6-4-5-7-16-12-30(3)13-26-16/h8-13,17,20,34H,1-3H3,(H,27,31)(H,29,32)(H2,25,28,33). The van der Waals surface area contributed by atoms with Gasteiger partial charge in [0.1, 0.15) is 17.3 Å². The summed E-state index contributed by atoms with van der Waals surface area (Å²) in [6.07, 6.45) is 0.0571. The monoisotopic (exact) mass is 472 g/mol. The van der Waals surface area contributed by atoms with Crippen LogP contribution in [0.25, 0.3) is 0 Å². The van der Waals surface area contributed by atoms with Gasteiger partial charge < -0.3 is 20.5 Å². The van der Waals surface area contributed by atoms with Gasteiger partial charge in [0.25, 0.3) is 18.2 Å². The van der Waals surface area contributed by atoms with Crippen LogP contribution in [0.4, 0.5) is 13.6 Å². The van der Waals surface area contributed by atoms with Crippen LogP contribution in [0.3, 0.4) is 0 Å². The van der Waals surface area contributed by atoms with Gasteiger partial charge in [-0.25, -0.2) is 24.0 Å². The molecule has 4 amide bonds. The molecule has 0 aliphatic heterocycles. The minimum absolute atomic E-state index is 0.0254. The molecular weight excluding hydrogens is 450 g/mol. The van der Waals surface area contributed by atoms with E-state index in [0.717, 1.165) is 6.92 Å². The number of amides is 4. The minimum atomic E-state index is -3.28. The third kappa shape index (κ3) is 6.54. The van der Waals surface area contributed by atoms with Crippen LogP contribution in [-0.4, -0.2) is 57.7 Å². The van der Waals surface area contributed by atoms with Gasteiger partial charge in [0.05, 0.1) is 6.33 Å². The molecule has 0 saturated carbocycles. The van der Waals surface area contributed by atoms with Crippen LogP contribution in [0.1, 0.15) is 28.5 Å². The smallest absolute Gasteiger partial charge is 0.315 e. The number of hydroxylamine groups is 1. The van der Waals surface area contributed by atoms with Crippen molar-refractivity contribution in [2.75, 3.05) is 7.05 Å². The summed E-state index contributed by atoms with van der Waals surface area (Å²) in [5, 5.41) is 15.1. The van der Waals surface area contributed by atoms with E-state index < -0.39 is 35.9 Å². The number of nitrogens with one attached hydrogen (secondary N) is 4. The second-order valence-corrected chi connectivity index (χ2v) is 7.17. The maximum atomic E-state index is 13.8. The SMILES string of the molecule is CNC(=O)NC(C)(C(F)F)C(NC(=O)c1ccc(C#CC#Cc2cn(C)cn2)cc1)C(=O)NO. The largest absolute Gasteiger partial charge is 0.341 e. The van der Waals surface area contributed by atoms with E-state index in [4.69, 9.17) is 5.21 Å². The number of alkyl halides is 2. The lowest BCUT2D eigenvalue weighted by molar-refractivity contribution is -0.135. The summed E-state index contributed by atoms with van der Waals surface area (Å²) < 4.78 is 29.4. The van der Waals surface area contributed by atoms with Crippen molar-refractivity contribution in [2.45, 2.75) is 24.9 Å². The molecule has 1 aromatic carbocycles. The van der Waals surface area contributed by atoms with Crippen LogP contribution in [0.15, 0.2) is 36.8 Å². The van der Waals surface area contributed by atoms with Gasteiger partial charge in [-0.2, -0.15) is 0 Å². The lowest BCUT2D eigenvalue weighted by atomic mass is 9.91. The molecular formula is C22H22F2N6O4. The van der Waals surface area contributed by atoms with Crippen LogP contribution >= 0.6 is 0 Å². The first-order valence-corrected chi connectivity index (χ1v) is 9.73. The number of halogens is 2. The average molecular weight is 472 g/mol. The van der Waals surface area contributed by atoms with Gasteiger partial charge in [-0.1, -0.05) is 5.92 Å². The molecule has 0 radical (unpaired) electrons. The molecule has 0 fully saturated rings. The van der Waals surface area contributed by atoms with E-state index in [-0.39, 0.29) is 5.56 Å². The summed E-state index contributed by atoms with van der Waals surface area (Å²) >= 11 is 0. The Kier molecular flexibility index (Phi) is 8.70. The Balaban J connectivity index is 2.18. The third-order valence-electron chi connectivity index (χ3n) is 4.62. The zero-order chi connectivity index (χ0) is 25.3. The van der Waals surface area contributed by atoms with Gasteiger partial charge in [-0.15, -0.1) is 0 Å². The van der Waals surface area contributed by atoms with Gasteiger partial charge in [0.15, 0.2) is 0 Å². The summed E-state index contributed by atoms with van der Waals surface area (Å²) in [4.78, 5) is 40.4. The molecule has 12 heteroatoms. The summed E-state index contributed by atoms with van der Waals surface area (Å²) in [6, 6.07) is 2.71. The number of imidazole rings is 1. The number of hydrogen-bond donors (Lipinski definition) is 5. The number of carbonyl (C=O) groups is 3. The zero-order valence-electron chi connectivity index (χ0n) is 18.4. The van der Waals surface area contributed by atoms with Gasteiger partial charge >= 0.3 is 6.03 Å². The fraction of sp³-hybridized carbons (Fsp3) is 0.273. The van der Waals surface area contributed by atoms with Gasteiger partial charge in [0.2, 0.25) is 0 Å².